The summed E-state index contributed by atoms with van der Waals surface area (Å²) in [6.45, 7) is 5.74. The molecule has 1 aliphatic rings. The molecule has 1 aliphatic heterocycles. The Morgan fingerprint density at radius 2 is 1.68 bits per heavy atom. The third-order valence-corrected chi connectivity index (χ3v) is 6.70. The van der Waals surface area contributed by atoms with E-state index in [0.29, 0.717) is 20.5 Å². The number of para-hydroxylation sites is 2. The number of amides is 2. The van der Waals surface area contributed by atoms with Crippen molar-refractivity contribution in [1.29, 1.82) is 0 Å². The molecule has 34 heavy (non-hydrogen) atoms. The summed E-state index contributed by atoms with van der Waals surface area (Å²) in [7, 11) is 0. The molecule has 5 nitrogen and oxygen atoms in total. The normalized spacial score (nSPS) is 14.6. The lowest BCUT2D eigenvalue weighted by Gasteiger charge is -2.14. The van der Waals surface area contributed by atoms with Crippen LogP contribution >= 0.6 is 24.0 Å². The molecule has 172 valence electrons. The number of hydrogen-bond acceptors (Lipinski definition) is 5. The molecule has 0 bridgehead atoms. The van der Waals surface area contributed by atoms with E-state index in [2.05, 4.69) is 5.32 Å². The van der Waals surface area contributed by atoms with Gasteiger partial charge in [0, 0.05) is 11.3 Å². The van der Waals surface area contributed by atoms with Gasteiger partial charge in [0.05, 0.1) is 10.6 Å². The van der Waals surface area contributed by atoms with Crippen LogP contribution in [0.15, 0.2) is 71.6 Å². The summed E-state index contributed by atoms with van der Waals surface area (Å²) < 4.78 is 6.30. The molecule has 4 rings (SSSR count). The standard InChI is InChI=1S/C27H24N2O3S2/c1-17-11-13-21(14-12-17)29-26(31)23(34-27(29)33)15-20-9-4-5-10-22(20)32-16-24(30)28-25-18(2)7-6-8-19(25)3/h4-15H,16H2,1-3H3,(H,28,30)/b23-15-. The van der Waals surface area contributed by atoms with Crippen molar-refractivity contribution in [2.24, 2.45) is 0 Å². The summed E-state index contributed by atoms with van der Waals surface area (Å²) in [5.41, 5.74) is 5.33. The van der Waals surface area contributed by atoms with Crippen LogP contribution in [0.5, 0.6) is 5.75 Å². The Labute approximate surface area is 208 Å². The molecule has 1 saturated heterocycles. The maximum Gasteiger partial charge on any atom is 0.270 e. The van der Waals surface area contributed by atoms with Gasteiger partial charge in [-0.3, -0.25) is 14.5 Å². The van der Waals surface area contributed by atoms with Crippen LogP contribution < -0.4 is 15.0 Å². The number of ether oxygens (including phenoxy) is 1. The summed E-state index contributed by atoms with van der Waals surface area (Å²) in [6, 6.07) is 20.8. The van der Waals surface area contributed by atoms with E-state index in [9.17, 15) is 9.59 Å². The second kappa shape index (κ2) is 10.2. The zero-order chi connectivity index (χ0) is 24.2. The van der Waals surface area contributed by atoms with Crippen molar-refractivity contribution in [1.82, 2.24) is 0 Å². The molecule has 7 heteroatoms. The number of anilines is 2. The van der Waals surface area contributed by atoms with Crippen molar-refractivity contribution < 1.29 is 14.3 Å². The topological polar surface area (TPSA) is 58.6 Å². The van der Waals surface area contributed by atoms with Gasteiger partial charge in [-0.25, -0.2) is 0 Å². The summed E-state index contributed by atoms with van der Waals surface area (Å²) in [4.78, 5) is 27.7. The summed E-state index contributed by atoms with van der Waals surface area (Å²) in [6.07, 6.45) is 1.76. The van der Waals surface area contributed by atoms with Gasteiger partial charge in [-0.1, -0.05) is 78.1 Å². The lowest BCUT2D eigenvalue weighted by atomic mass is 10.1. The van der Waals surface area contributed by atoms with E-state index < -0.39 is 0 Å². The molecule has 1 N–H and O–H groups in total. The molecular weight excluding hydrogens is 464 g/mol. The molecule has 0 radical (unpaired) electrons. The van der Waals surface area contributed by atoms with Crippen LogP contribution in [0, 0.1) is 20.8 Å². The minimum Gasteiger partial charge on any atom is -0.483 e. The first-order valence-corrected chi connectivity index (χ1v) is 12.0. The van der Waals surface area contributed by atoms with E-state index in [1.54, 1.807) is 12.1 Å². The molecule has 0 saturated carbocycles. The zero-order valence-corrected chi connectivity index (χ0v) is 20.8. The highest BCUT2D eigenvalue weighted by atomic mass is 32.2. The fourth-order valence-electron chi connectivity index (χ4n) is 3.59. The van der Waals surface area contributed by atoms with Gasteiger partial charge in [0.15, 0.2) is 10.9 Å². The van der Waals surface area contributed by atoms with Crippen LogP contribution in [0.2, 0.25) is 0 Å². The largest absolute Gasteiger partial charge is 0.483 e. The molecule has 0 spiro atoms. The van der Waals surface area contributed by atoms with Crippen LogP contribution in [0.25, 0.3) is 6.08 Å². The minimum absolute atomic E-state index is 0.150. The summed E-state index contributed by atoms with van der Waals surface area (Å²) >= 11 is 6.72. The molecule has 0 aromatic heterocycles. The fraction of sp³-hybridized carbons (Fsp3) is 0.148. The van der Waals surface area contributed by atoms with Gasteiger partial charge in [-0.2, -0.15) is 0 Å². The van der Waals surface area contributed by atoms with Gasteiger partial charge in [-0.15, -0.1) is 0 Å². The number of nitrogens with zero attached hydrogens (tertiary/aromatic N) is 1. The van der Waals surface area contributed by atoms with Crippen LogP contribution in [-0.2, 0) is 9.59 Å². The number of thioether (sulfide) groups is 1. The highest BCUT2D eigenvalue weighted by Gasteiger charge is 2.33. The molecule has 3 aromatic carbocycles. The summed E-state index contributed by atoms with van der Waals surface area (Å²) in [5.74, 6) is 0.0825. The van der Waals surface area contributed by atoms with Gasteiger partial charge < -0.3 is 10.1 Å². The SMILES string of the molecule is Cc1ccc(N2C(=O)/C(=C/c3ccccc3OCC(=O)Nc3c(C)cccc3C)SC2=S)cc1. The molecule has 0 aliphatic carbocycles. The average Bonchev–Trinajstić information content (AvgIpc) is 3.09. The van der Waals surface area contributed by atoms with Gasteiger partial charge >= 0.3 is 0 Å². The third kappa shape index (κ3) is 5.21. The smallest absolute Gasteiger partial charge is 0.270 e. The quantitative estimate of drug-likeness (QED) is 0.339. The second-order valence-corrected chi connectivity index (χ2v) is 9.67. The fourth-order valence-corrected chi connectivity index (χ4v) is 4.88. The number of carbonyl (C=O) groups is 2. The van der Waals surface area contributed by atoms with Crippen LogP contribution in [0.1, 0.15) is 22.3 Å². The number of thiocarbonyl (C=S) groups is 1. The molecule has 2 amide bonds. The van der Waals surface area contributed by atoms with E-state index in [4.69, 9.17) is 17.0 Å². The number of aryl methyl sites for hydroxylation is 3. The lowest BCUT2D eigenvalue weighted by Crippen LogP contribution is -2.27. The van der Waals surface area contributed by atoms with E-state index in [-0.39, 0.29) is 18.4 Å². The molecule has 3 aromatic rings. The highest BCUT2D eigenvalue weighted by molar-refractivity contribution is 8.27. The summed E-state index contributed by atoms with van der Waals surface area (Å²) in [5, 5.41) is 2.92. The van der Waals surface area contributed by atoms with Crippen molar-refractivity contribution in [3.05, 3.63) is 93.9 Å². The van der Waals surface area contributed by atoms with Crippen molar-refractivity contribution in [3.63, 3.8) is 0 Å². The Morgan fingerprint density at radius 1 is 1.00 bits per heavy atom. The minimum atomic E-state index is -0.252. The predicted molar refractivity (Wildman–Crippen MR) is 143 cm³/mol. The number of hydrogen-bond donors (Lipinski definition) is 1. The van der Waals surface area contributed by atoms with Crippen LogP contribution in [-0.4, -0.2) is 22.7 Å². The first-order chi connectivity index (χ1) is 16.3. The molecule has 0 unspecified atom stereocenters. The second-order valence-electron chi connectivity index (χ2n) is 7.99. The maximum absolute atomic E-state index is 13.1. The van der Waals surface area contributed by atoms with E-state index >= 15 is 0 Å². The highest BCUT2D eigenvalue weighted by Crippen LogP contribution is 2.37. The number of carbonyl (C=O) groups excluding carboxylic acids is 2. The zero-order valence-electron chi connectivity index (χ0n) is 19.1. The van der Waals surface area contributed by atoms with Crippen molar-refractivity contribution >= 4 is 57.6 Å². The van der Waals surface area contributed by atoms with Gasteiger partial charge in [0.2, 0.25) is 0 Å². The van der Waals surface area contributed by atoms with Gasteiger partial charge in [0.1, 0.15) is 5.75 Å². The lowest BCUT2D eigenvalue weighted by molar-refractivity contribution is -0.118. The monoisotopic (exact) mass is 488 g/mol. The predicted octanol–water partition coefficient (Wildman–Crippen LogP) is 6.04. The Bertz CT molecular complexity index is 1280. The van der Waals surface area contributed by atoms with Crippen molar-refractivity contribution in [2.45, 2.75) is 20.8 Å². The van der Waals surface area contributed by atoms with Gasteiger partial charge in [0.25, 0.3) is 11.8 Å². The Morgan fingerprint density at radius 3 is 2.38 bits per heavy atom. The molecular formula is C27H24N2O3S2. The Kier molecular flexibility index (Phi) is 7.14. The average molecular weight is 489 g/mol. The third-order valence-electron chi connectivity index (χ3n) is 5.40. The van der Waals surface area contributed by atoms with Crippen LogP contribution in [0.3, 0.4) is 0 Å². The first kappa shape index (κ1) is 23.7. The number of nitrogens with one attached hydrogen (secondary N) is 1. The maximum atomic E-state index is 13.1. The molecule has 1 heterocycles. The molecule has 0 atom stereocenters. The van der Waals surface area contributed by atoms with E-state index in [1.165, 1.54) is 16.7 Å². The van der Waals surface area contributed by atoms with Gasteiger partial charge in [-0.05, 0) is 56.2 Å². The van der Waals surface area contributed by atoms with Crippen molar-refractivity contribution in [3.8, 4) is 5.75 Å². The Hall–Kier alpha value is -3.42. The number of benzene rings is 3. The Balaban J connectivity index is 1.49. The first-order valence-electron chi connectivity index (χ1n) is 10.8. The van der Waals surface area contributed by atoms with Crippen molar-refractivity contribution in [2.75, 3.05) is 16.8 Å². The van der Waals surface area contributed by atoms with Crippen LogP contribution in [0.4, 0.5) is 11.4 Å². The van der Waals surface area contributed by atoms with E-state index in [1.807, 2.05) is 81.4 Å². The molecule has 1 fully saturated rings. The number of rotatable bonds is 6. The van der Waals surface area contributed by atoms with E-state index in [0.717, 1.165) is 28.1 Å².